The molecule has 1 atom stereocenters. The fourth-order valence-electron chi connectivity index (χ4n) is 3.49. The molecule has 29 heavy (non-hydrogen) atoms. The zero-order valence-corrected chi connectivity index (χ0v) is 17.1. The number of carbonyl (C=O) groups excluding carboxylic acids is 3. The van der Waals surface area contributed by atoms with Gasteiger partial charge in [0.15, 0.2) is 0 Å². The Kier molecular flexibility index (Phi) is 6.32. The van der Waals surface area contributed by atoms with Gasteiger partial charge in [0.25, 0.3) is 5.91 Å². The molecular weight excluding hydrogens is 366 g/mol. The van der Waals surface area contributed by atoms with E-state index in [1.54, 1.807) is 34.1 Å². The van der Waals surface area contributed by atoms with Gasteiger partial charge >= 0.3 is 0 Å². The number of benzene rings is 2. The minimum absolute atomic E-state index is 0.0250. The Morgan fingerprint density at radius 3 is 2.24 bits per heavy atom. The monoisotopic (exact) mass is 393 g/mol. The predicted octanol–water partition coefficient (Wildman–Crippen LogP) is 3.47. The quantitative estimate of drug-likeness (QED) is 0.817. The lowest BCUT2D eigenvalue weighted by atomic mass is 10.1. The molecule has 0 radical (unpaired) electrons. The summed E-state index contributed by atoms with van der Waals surface area (Å²) in [6.07, 6.45) is 0.193. The zero-order valence-electron chi connectivity index (χ0n) is 17.1. The molecule has 3 rings (SSSR count). The maximum Gasteiger partial charge on any atom is 0.253 e. The minimum atomic E-state index is -0.402. The van der Waals surface area contributed by atoms with E-state index in [9.17, 15) is 14.4 Å². The lowest BCUT2D eigenvalue weighted by molar-refractivity contribution is -0.122. The number of hydrogen-bond donors (Lipinski definition) is 1. The molecule has 152 valence electrons. The normalized spacial score (nSPS) is 16.0. The first kappa shape index (κ1) is 20.6. The molecule has 0 saturated carbocycles. The lowest BCUT2D eigenvalue weighted by Gasteiger charge is -2.19. The molecular formula is C23H27N3O3. The van der Waals surface area contributed by atoms with Crippen LogP contribution in [0.2, 0.25) is 0 Å². The largest absolute Gasteiger partial charge is 0.339 e. The van der Waals surface area contributed by atoms with Crippen molar-refractivity contribution in [3.8, 4) is 0 Å². The number of rotatable bonds is 6. The summed E-state index contributed by atoms with van der Waals surface area (Å²) in [6.45, 7) is 7.55. The van der Waals surface area contributed by atoms with Crippen LogP contribution in [0, 0.1) is 12.8 Å². The van der Waals surface area contributed by atoms with Crippen LogP contribution >= 0.6 is 0 Å². The Morgan fingerprint density at radius 1 is 1.03 bits per heavy atom. The topological polar surface area (TPSA) is 69.7 Å². The molecule has 1 N–H and O–H groups in total. The molecule has 6 nitrogen and oxygen atoms in total. The highest BCUT2D eigenvalue weighted by molar-refractivity contribution is 6.03. The molecule has 1 heterocycles. The number of nitrogens with one attached hydrogen (secondary N) is 1. The van der Waals surface area contributed by atoms with Crippen molar-refractivity contribution in [3.63, 3.8) is 0 Å². The molecule has 0 aliphatic carbocycles. The van der Waals surface area contributed by atoms with Crippen LogP contribution in [-0.2, 0) is 9.59 Å². The maximum absolute atomic E-state index is 12.6. The summed E-state index contributed by atoms with van der Waals surface area (Å²) in [6, 6.07) is 14.6. The van der Waals surface area contributed by atoms with E-state index in [1.165, 1.54) is 0 Å². The lowest BCUT2D eigenvalue weighted by Crippen LogP contribution is -2.30. The molecule has 0 bridgehead atoms. The number of hydrogen-bond acceptors (Lipinski definition) is 3. The fraction of sp³-hybridized carbons (Fsp3) is 0.348. The second-order valence-electron chi connectivity index (χ2n) is 7.28. The van der Waals surface area contributed by atoms with E-state index in [0.29, 0.717) is 30.9 Å². The van der Waals surface area contributed by atoms with Gasteiger partial charge in [-0.3, -0.25) is 14.4 Å². The first-order valence-corrected chi connectivity index (χ1v) is 10.00. The highest BCUT2D eigenvalue weighted by atomic mass is 16.2. The standard InChI is InChI=1S/C23H27N3O3/c1-4-25(5-2)23(29)17-8-10-19(11-9-17)24-22(28)18-14-21(27)26(15-18)20-12-6-16(3)7-13-20/h6-13,18H,4-5,14-15H2,1-3H3,(H,24,28). The van der Waals surface area contributed by atoms with Crippen molar-refractivity contribution in [2.45, 2.75) is 27.2 Å². The summed E-state index contributed by atoms with van der Waals surface area (Å²) in [4.78, 5) is 40.8. The first-order chi connectivity index (χ1) is 13.9. The highest BCUT2D eigenvalue weighted by Gasteiger charge is 2.35. The van der Waals surface area contributed by atoms with Gasteiger partial charge in [0.05, 0.1) is 5.92 Å². The van der Waals surface area contributed by atoms with Gasteiger partial charge in [-0.1, -0.05) is 17.7 Å². The van der Waals surface area contributed by atoms with Crippen molar-refractivity contribution >= 4 is 29.1 Å². The molecule has 3 amide bonds. The average Bonchev–Trinajstić information content (AvgIpc) is 3.12. The summed E-state index contributed by atoms with van der Waals surface area (Å²) in [5, 5.41) is 2.87. The molecule has 1 fully saturated rings. The van der Waals surface area contributed by atoms with Crippen LogP contribution in [0.4, 0.5) is 11.4 Å². The Morgan fingerprint density at radius 2 is 1.66 bits per heavy atom. The Balaban J connectivity index is 1.62. The molecule has 0 spiro atoms. The second-order valence-corrected chi connectivity index (χ2v) is 7.28. The van der Waals surface area contributed by atoms with Gasteiger partial charge in [-0.25, -0.2) is 0 Å². The number of carbonyl (C=O) groups is 3. The van der Waals surface area contributed by atoms with Crippen molar-refractivity contribution in [3.05, 3.63) is 59.7 Å². The van der Waals surface area contributed by atoms with Gasteiger partial charge < -0.3 is 15.1 Å². The van der Waals surface area contributed by atoms with Crippen LogP contribution in [0.5, 0.6) is 0 Å². The summed E-state index contributed by atoms with van der Waals surface area (Å²) in [7, 11) is 0. The van der Waals surface area contributed by atoms with Gasteiger partial charge in [0, 0.05) is 43.0 Å². The van der Waals surface area contributed by atoms with Crippen molar-refractivity contribution in [2.24, 2.45) is 5.92 Å². The van der Waals surface area contributed by atoms with Crippen LogP contribution in [0.15, 0.2) is 48.5 Å². The van der Waals surface area contributed by atoms with Crippen molar-refractivity contribution < 1.29 is 14.4 Å². The van der Waals surface area contributed by atoms with Crippen LogP contribution < -0.4 is 10.2 Å². The van der Waals surface area contributed by atoms with Crippen LogP contribution in [0.3, 0.4) is 0 Å². The van der Waals surface area contributed by atoms with E-state index >= 15 is 0 Å². The van der Waals surface area contributed by atoms with E-state index in [4.69, 9.17) is 0 Å². The van der Waals surface area contributed by atoms with Gasteiger partial charge in [0.2, 0.25) is 11.8 Å². The number of aryl methyl sites for hydroxylation is 1. The highest BCUT2D eigenvalue weighted by Crippen LogP contribution is 2.26. The number of anilines is 2. The third-order valence-corrected chi connectivity index (χ3v) is 5.29. The first-order valence-electron chi connectivity index (χ1n) is 10.00. The van der Waals surface area contributed by atoms with Gasteiger partial charge in [-0.05, 0) is 57.2 Å². The van der Waals surface area contributed by atoms with Crippen molar-refractivity contribution in [1.82, 2.24) is 4.90 Å². The van der Waals surface area contributed by atoms with E-state index in [1.807, 2.05) is 45.0 Å². The Labute approximate surface area is 171 Å². The molecule has 1 aliphatic rings. The fourth-order valence-corrected chi connectivity index (χ4v) is 3.49. The maximum atomic E-state index is 12.6. The third kappa shape index (κ3) is 4.65. The van der Waals surface area contributed by atoms with E-state index in [-0.39, 0.29) is 24.1 Å². The van der Waals surface area contributed by atoms with E-state index < -0.39 is 5.92 Å². The molecule has 2 aromatic rings. The Bertz CT molecular complexity index is 887. The van der Waals surface area contributed by atoms with Crippen LogP contribution in [-0.4, -0.2) is 42.3 Å². The number of amides is 3. The van der Waals surface area contributed by atoms with Crippen molar-refractivity contribution in [1.29, 1.82) is 0 Å². The summed E-state index contributed by atoms with van der Waals surface area (Å²) in [5.41, 5.74) is 3.15. The predicted molar refractivity (Wildman–Crippen MR) is 114 cm³/mol. The molecule has 0 aromatic heterocycles. The van der Waals surface area contributed by atoms with E-state index in [0.717, 1.165) is 11.3 Å². The average molecular weight is 393 g/mol. The summed E-state index contributed by atoms with van der Waals surface area (Å²) in [5.74, 6) is -0.659. The van der Waals surface area contributed by atoms with E-state index in [2.05, 4.69) is 5.32 Å². The molecule has 6 heteroatoms. The van der Waals surface area contributed by atoms with Crippen LogP contribution in [0.1, 0.15) is 36.2 Å². The minimum Gasteiger partial charge on any atom is -0.339 e. The SMILES string of the molecule is CCN(CC)C(=O)c1ccc(NC(=O)C2CC(=O)N(c3ccc(C)cc3)C2)cc1. The molecule has 1 aliphatic heterocycles. The summed E-state index contributed by atoms with van der Waals surface area (Å²) >= 11 is 0. The Hall–Kier alpha value is -3.15. The zero-order chi connectivity index (χ0) is 21.0. The molecule has 2 aromatic carbocycles. The molecule has 1 saturated heterocycles. The van der Waals surface area contributed by atoms with Gasteiger partial charge in [-0.2, -0.15) is 0 Å². The van der Waals surface area contributed by atoms with Crippen molar-refractivity contribution in [2.75, 3.05) is 29.9 Å². The van der Waals surface area contributed by atoms with Crippen LogP contribution in [0.25, 0.3) is 0 Å². The smallest absolute Gasteiger partial charge is 0.253 e. The number of nitrogens with zero attached hydrogens (tertiary/aromatic N) is 2. The summed E-state index contributed by atoms with van der Waals surface area (Å²) < 4.78 is 0. The van der Waals surface area contributed by atoms with Gasteiger partial charge in [0.1, 0.15) is 0 Å². The third-order valence-electron chi connectivity index (χ3n) is 5.29. The van der Waals surface area contributed by atoms with Gasteiger partial charge in [-0.15, -0.1) is 0 Å². The molecule has 1 unspecified atom stereocenters. The second kappa shape index (κ2) is 8.90.